The zero-order valence-corrected chi connectivity index (χ0v) is 17.6. The molecule has 168 valence electrons. The van der Waals surface area contributed by atoms with Gasteiger partial charge < -0.3 is 10.4 Å². The largest absolute Gasteiger partial charge is 0.396 e. The van der Waals surface area contributed by atoms with Crippen molar-refractivity contribution in [2.75, 3.05) is 13.2 Å². The lowest BCUT2D eigenvalue weighted by molar-refractivity contribution is 0.0949. The molecule has 2 aromatic carbocycles. The van der Waals surface area contributed by atoms with Gasteiger partial charge in [0.25, 0.3) is 5.91 Å². The number of nitrogens with one attached hydrogen (secondary N) is 2. The monoisotopic (exact) mass is 448 g/mol. The molecule has 33 heavy (non-hydrogen) atoms. The molecule has 1 amide bonds. The van der Waals surface area contributed by atoms with Crippen molar-refractivity contribution < 1.29 is 18.7 Å². The van der Waals surface area contributed by atoms with Crippen LogP contribution in [0.15, 0.2) is 72.9 Å². The Kier molecular flexibility index (Phi) is 6.85. The lowest BCUT2D eigenvalue weighted by Crippen LogP contribution is -2.29. The Morgan fingerprint density at radius 2 is 1.88 bits per heavy atom. The maximum Gasteiger partial charge on any atom is 0.252 e. The Balaban J connectivity index is 1.58. The maximum atomic E-state index is 14.8. The van der Waals surface area contributed by atoms with Crippen LogP contribution in [0.2, 0.25) is 0 Å². The number of H-pyrrole nitrogens is 1. The summed E-state index contributed by atoms with van der Waals surface area (Å²) in [7, 11) is 0. The van der Waals surface area contributed by atoms with Gasteiger partial charge in [0.05, 0.1) is 22.5 Å². The summed E-state index contributed by atoms with van der Waals surface area (Å²) in [5, 5.41) is 19.2. The van der Waals surface area contributed by atoms with Crippen molar-refractivity contribution in [3.63, 3.8) is 0 Å². The smallest absolute Gasteiger partial charge is 0.252 e. The van der Waals surface area contributed by atoms with Gasteiger partial charge >= 0.3 is 0 Å². The molecule has 0 spiro atoms. The Hall–Kier alpha value is -3.91. The fourth-order valence-electron chi connectivity index (χ4n) is 3.64. The Morgan fingerprint density at radius 3 is 2.61 bits per heavy atom. The molecule has 6 nitrogen and oxygen atoms in total. The lowest BCUT2D eigenvalue weighted by atomic mass is 9.99. The second kappa shape index (κ2) is 10.1. The predicted octanol–water partition coefficient (Wildman–Crippen LogP) is 4.31. The average molecular weight is 448 g/mol. The van der Waals surface area contributed by atoms with E-state index in [0.29, 0.717) is 17.7 Å². The minimum absolute atomic E-state index is 0.0538. The van der Waals surface area contributed by atoms with Gasteiger partial charge in [-0.25, -0.2) is 8.78 Å². The fourth-order valence-corrected chi connectivity index (χ4v) is 3.64. The topological polar surface area (TPSA) is 90.9 Å². The maximum absolute atomic E-state index is 14.8. The summed E-state index contributed by atoms with van der Waals surface area (Å²) in [6.45, 7) is 0.176. The molecule has 4 aromatic rings. The van der Waals surface area contributed by atoms with E-state index in [9.17, 15) is 18.7 Å². The van der Waals surface area contributed by atoms with Gasteiger partial charge in [-0.15, -0.1) is 0 Å². The van der Waals surface area contributed by atoms with Crippen molar-refractivity contribution >= 4 is 5.91 Å². The number of aliphatic hydroxyl groups is 1. The molecule has 8 heteroatoms. The van der Waals surface area contributed by atoms with E-state index in [1.54, 1.807) is 30.5 Å². The van der Waals surface area contributed by atoms with E-state index >= 15 is 0 Å². The Labute approximate surface area is 189 Å². The molecule has 0 bridgehead atoms. The number of carbonyl (C=O) groups is 1. The summed E-state index contributed by atoms with van der Waals surface area (Å²) >= 11 is 0. The van der Waals surface area contributed by atoms with Crippen molar-refractivity contribution in [3.05, 3.63) is 95.8 Å². The molecule has 0 saturated heterocycles. The first-order valence-corrected chi connectivity index (χ1v) is 10.5. The van der Waals surface area contributed by atoms with Crippen molar-refractivity contribution in [2.45, 2.75) is 12.3 Å². The third kappa shape index (κ3) is 5.12. The highest BCUT2D eigenvalue weighted by atomic mass is 19.1. The molecule has 0 aliphatic rings. The third-order valence-electron chi connectivity index (χ3n) is 5.34. The fraction of sp³-hybridized carbons (Fsp3) is 0.160. The Bertz CT molecular complexity index is 1230. The van der Waals surface area contributed by atoms with Gasteiger partial charge in [0.1, 0.15) is 11.6 Å². The van der Waals surface area contributed by atoms with Gasteiger partial charge in [0, 0.05) is 31.0 Å². The van der Waals surface area contributed by atoms with E-state index in [0.717, 1.165) is 5.69 Å². The number of nitrogens with zero attached hydrogens (tertiary/aromatic N) is 2. The van der Waals surface area contributed by atoms with Gasteiger partial charge in [-0.05, 0) is 66.6 Å². The predicted molar refractivity (Wildman–Crippen MR) is 120 cm³/mol. The van der Waals surface area contributed by atoms with Crippen LogP contribution >= 0.6 is 0 Å². The number of benzene rings is 2. The number of aromatic amines is 1. The molecule has 0 aliphatic heterocycles. The van der Waals surface area contributed by atoms with E-state index in [2.05, 4.69) is 20.5 Å². The zero-order chi connectivity index (χ0) is 23.2. The SMILES string of the molecule is O=C(NCC(CCO)c1ccccn1)c1cccc(F)c1-c1cc(-c2ccc(F)cc2)[nH]n1. The molecule has 0 fully saturated rings. The van der Waals surface area contributed by atoms with E-state index in [-0.39, 0.29) is 41.7 Å². The van der Waals surface area contributed by atoms with Crippen LogP contribution < -0.4 is 5.32 Å². The number of halogens is 2. The minimum Gasteiger partial charge on any atom is -0.396 e. The number of hydrogen-bond acceptors (Lipinski definition) is 4. The van der Waals surface area contributed by atoms with Crippen LogP contribution in [-0.2, 0) is 0 Å². The van der Waals surface area contributed by atoms with Crippen LogP contribution in [-0.4, -0.2) is 39.3 Å². The molecule has 3 N–H and O–H groups in total. The number of rotatable bonds is 8. The van der Waals surface area contributed by atoms with Crippen LogP contribution in [0.5, 0.6) is 0 Å². The average Bonchev–Trinajstić information content (AvgIpc) is 3.32. The van der Waals surface area contributed by atoms with Crippen LogP contribution in [0.1, 0.15) is 28.4 Å². The first-order chi connectivity index (χ1) is 16.1. The van der Waals surface area contributed by atoms with Gasteiger partial charge in [-0.2, -0.15) is 5.10 Å². The summed E-state index contributed by atoms with van der Waals surface area (Å²) in [6, 6.07) is 17.2. The molecule has 4 rings (SSSR count). The molecule has 0 aliphatic carbocycles. The standard InChI is InChI=1S/C25H22F2N4O2/c26-18-9-7-16(8-10-18)22-14-23(31-30-22)24-19(4-3-5-20(24)27)25(33)29-15-17(11-13-32)21-6-1-2-12-28-21/h1-10,12,14,17,32H,11,13,15H2,(H,29,33)(H,30,31). The van der Waals surface area contributed by atoms with Gasteiger partial charge in [-0.1, -0.05) is 12.1 Å². The number of aromatic nitrogens is 3. The molecule has 0 saturated carbocycles. The van der Waals surface area contributed by atoms with Crippen LogP contribution in [0.25, 0.3) is 22.5 Å². The molecule has 2 heterocycles. The number of amides is 1. The van der Waals surface area contributed by atoms with Crippen LogP contribution in [0.3, 0.4) is 0 Å². The summed E-state index contributed by atoms with van der Waals surface area (Å²) < 4.78 is 28.0. The van der Waals surface area contributed by atoms with Crippen molar-refractivity contribution in [3.8, 4) is 22.5 Å². The quantitative estimate of drug-likeness (QED) is 0.375. The molecular weight excluding hydrogens is 426 g/mol. The number of hydrogen-bond donors (Lipinski definition) is 3. The van der Waals surface area contributed by atoms with Crippen molar-refractivity contribution in [2.24, 2.45) is 0 Å². The highest BCUT2D eigenvalue weighted by Crippen LogP contribution is 2.29. The lowest BCUT2D eigenvalue weighted by Gasteiger charge is -2.17. The van der Waals surface area contributed by atoms with Crippen LogP contribution in [0.4, 0.5) is 8.78 Å². The third-order valence-corrected chi connectivity index (χ3v) is 5.34. The highest BCUT2D eigenvalue weighted by Gasteiger charge is 2.21. The summed E-state index contributed by atoms with van der Waals surface area (Å²) in [4.78, 5) is 17.3. The highest BCUT2D eigenvalue weighted by molar-refractivity contribution is 6.00. The molecule has 1 unspecified atom stereocenters. The van der Waals surface area contributed by atoms with E-state index in [4.69, 9.17) is 0 Å². The molecule has 0 radical (unpaired) electrons. The van der Waals surface area contributed by atoms with E-state index in [1.165, 1.54) is 30.3 Å². The molecule has 2 aromatic heterocycles. The van der Waals surface area contributed by atoms with Gasteiger partial charge in [0.2, 0.25) is 0 Å². The molecule has 1 atom stereocenters. The van der Waals surface area contributed by atoms with Gasteiger partial charge in [-0.3, -0.25) is 14.9 Å². The normalized spacial score (nSPS) is 11.8. The first-order valence-electron chi connectivity index (χ1n) is 10.5. The van der Waals surface area contributed by atoms with Crippen molar-refractivity contribution in [1.29, 1.82) is 0 Å². The molecular formula is C25H22F2N4O2. The van der Waals surface area contributed by atoms with E-state index in [1.807, 2.05) is 12.1 Å². The van der Waals surface area contributed by atoms with Gasteiger partial charge in [0.15, 0.2) is 0 Å². The van der Waals surface area contributed by atoms with Crippen LogP contribution in [0, 0.1) is 11.6 Å². The number of pyridine rings is 1. The number of aliphatic hydroxyl groups excluding tert-OH is 1. The summed E-state index contributed by atoms with van der Waals surface area (Å²) in [5.41, 5.74) is 2.46. The Morgan fingerprint density at radius 1 is 1.06 bits per heavy atom. The first kappa shape index (κ1) is 22.3. The second-order valence-corrected chi connectivity index (χ2v) is 7.51. The number of carbonyl (C=O) groups excluding carboxylic acids is 1. The zero-order valence-electron chi connectivity index (χ0n) is 17.6. The summed E-state index contributed by atoms with van der Waals surface area (Å²) in [5.74, 6) is -1.60. The van der Waals surface area contributed by atoms with E-state index < -0.39 is 11.7 Å². The minimum atomic E-state index is -0.587. The second-order valence-electron chi connectivity index (χ2n) is 7.51. The van der Waals surface area contributed by atoms with Crippen molar-refractivity contribution in [1.82, 2.24) is 20.5 Å². The summed E-state index contributed by atoms with van der Waals surface area (Å²) in [6.07, 6.45) is 2.08.